The summed E-state index contributed by atoms with van der Waals surface area (Å²) in [4.78, 5) is 11.1. The average Bonchev–Trinajstić information content (AvgIpc) is 2.67. The second-order valence-electron chi connectivity index (χ2n) is 3.18. The van der Waals surface area contributed by atoms with E-state index in [2.05, 4.69) is 5.10 Å². The third-order valence-electron chi connectivity index (χ3n) is 2.09. The van der Waals surface area contributed by atoms with E-state index in [1.54, 1.807) is 16.9 Å². The van der Waals surface area contributed by atoms with E-state index in [1.165, 1.54) is 13.1 Å². The molecule has 0 aliphatic rings. The predicted molar refractivity (Wildman–Crippen MR) is 58.6 cm³/mol. The molecule has 0 saturated heterocycles. The minimum atomic E-state index is -0.00620. The van der Waals surface area contributed by atoms with Gasteiger partial charge >= 0.3 is 0 Å². The summed E-state index contributed by atoms with van der Waals surface area (Å²) in [7, 11) is 0. The number of para-hydroxylation sites is 1. The predicted octanol–water partition coefficient (Wildman–Crippen LogP) is 2.73. The molecule has 0 unspecified atom stereocenters. The lowest BCUT2D eigenvalue weighted by molar-refractivity contribution is 0.101. The normalized spacial score (nSPS) is 10.3. The monoisotopic (exact) mass is 220 g/mol. The Morgan fingerprint density at radius 3 is 2.73 bits per heavy atom. The van der Waals surface area contributed by atoms with Crippen molar-refractivity contribution in [2.24, 2.45) is 0 Å². The molecule has 0 amide bonds. The summed E-state index contributed by atoms with van der Waals surface area (Å²) in [6, 6.07) is 7.35. The number of ketones is 1. The van der Waals surface area contributed by atoms with E-state index in [0.717, 1.165) is 5.69 Å². The van der Waals surface area contributed by atoms with Crippen LogP contribution < -0.4 is 0 Å². The quantitative estimate of drug-likeness (QED) is 0.730. The molecular weight excluding hydrogens is 212 g/mol. The van der Waals surface area contributed by atoms with Crippen molar-refractivity contribution in [1.82, 2.24) is 9.78 Å². The highest BCUT2D eigenvalue weighted by Gasteiger charge is 2.06. The van der Waals surface area contributed by atoms with Gasteiger partial charge in [-0.25, -0.2) is 4.68 Å². The minimum Gasteiger partial charge on any atom is -0.294 e. The number of aromatic nitrogens is 2. The number of hydrogen-bond donors (Lipinski definition) is 0. The minimum absolute atomic E-state index is 0.00620. The first kappa shape index (κ1) is 9.93. The molecule has 1 aromatic heterocycles. The molecular formula is C11H9ClN2O. The van der Waals surface area contributed by atoms with Gasteiger partial charge in [0.1, 0.15) is 0 Å². The summed E-state index contributed by atoms with van der Waals surface area (Å²) in [5.41, 5.74) is 1.35. The fraction of sp³-hybridized carbons (Fsp3) is 0.0909. The molecule has 0 fully saturated rings. The number of carbonyl (C=O) groups is 1. The molecule has 15 heavy (non-hydrogen) atoms. The molecule has 4 heteroatoms. The van der Waals surface area contributed by atoms with E-state index in [4.69, 9.17) is 11.6 Å². The van der Waals surface area contributed by atoms with Crippen molar-refractivity contribution in [2.45, 2.75) is 6.92 Å². The van der Waals surface area contributed by atoms with E-state index < -0.39 is 0 Å². The molecule has 2 aromatic rings. The number of rotatable bonds is 2. The molecule has 0 N–H and O–H groups in total. The van der Waals surface area contributed by atoms with Crippen LogP contribution in [0.3, 0.4) is 0 Å². The molecule has 1 aromatic carbocycles. The van der Waals surface area contributed by atoms with Crippen molar-refractivity contribution in [1.29, 1.82) is 0 Å². The van der Waals surface area contributed by atoms with Crippen LogP contribution in [0.5, 0.6) is 0 Å². The first-order chi connectivity index (χ1) is 7.18. The summed E-state index contributed by atoms with van der Waals surface area (Å²) < 4.78 is 1.60. The highest BCUT2D eigenvalue weighted by Crippen LogP contribution is 2.19. The van der Waals surface area contributed by atoms with E-state index >= 15 is 0 Å². The number of benzene rings is 1. The fourth-order valence-corrected chi connectivity index (χ4v) is 1.50. The first-order valence-corrected chi connectivity index (χ1v) is 4.87. The lowest BCUT2D eigenvalue weighted by Gasteiger charge is -2.02. The van der Waals surface area contributed by atoms with Crippen LogP contribution in [0.15, 0.2) is 36.7 Å². The number of hydrogen-bond acceptors (Lipinski definition) is 2. The van der Waals surface area contributed by atoms with Crippen molar-refractivity contribution in [2.75, 3.05) is 0 Å². The second kappa shape index (κ2) is 3.87. The summed E-state index contributed by atoms with van der Waals surface area (Å²) in [6.45, 7) is 1.51. The zero-order valence-corrected chi connectivity index (χ0v) is 8.90. The van der Waals surface area contributed by atoms with Crippen molar-refractivity contribution in [3.8, 4) is 5.69 Å². The van der Waals surface area contributed by atoms with Crippen molar-refractivity contribution < 1.29 is 4.79 Å². The Bertz CT molecular complexity index is 505. The highest BCUT2D eigenvalue weighted by atomic mass is 35.5. The third kappa shape index (κ3) is 1.92. The molecule has 2 rings (SSSR count). The topological polar surface area (TPSA) is 34.9 Å². The van der Waals surface area contributed by atoms with Crippen molar-refractivity contribution in [3.63, 3.8) is 0 Å². The Kier molecular flexibility index (Phi) is 2.56. The molecule has 76 valence electrons. The summed E-state index contributed by atoms with van der Waals surface area (Å²) in [5.74, 6) is -0.00620. The maximum Gasteiger partial charge on any atom is 0.162 e. The molecule has 0 spiro atoms. The van der Waals surface area contributed by atoms with Gasteiger partial charge in [0, 0.05) is 6.20 Å². The molecule has 0 saturated carbocycles. The lowest BCUT2D eigenvalue weighted by atomic mass is 10.2. The van der Waals surface area contributed by atoms with E-state index in [1.807, 2.05) is 18.2 Å². The van der Waals surface area contributed by atoms with Crippen LogP contribution in [0.2, 0.25) is 5.02 Å². The average molecular weight is 221 g/mol. The first-order valence-electron chi connectivity index (χ1n) is 4.49. The summed E-state index contributed by atoms with van der Waals surface area (Å²) in [5, 5.41) is 4.69. The van der Waals surface area contributed by atoms with Gasteiger partial charge < -0.3 is 0 Å². The van der Waals surface area contributed by atoms with Crippen LogP contribution in [0.4, 0.5) is 0 Å². The van der Waals surface area contributed by atoms with Crippen LogP contribution in [-0.4, -0.2) is 15.6 Å². The lowest BCUT2D eigenvalue weighted by Crippen LogP contribution is -1.95. The van der Waals surface area contributed by atoms with Crippen LogP contribution in [0, 0.1) is 0 Å². The van der Waals surface area contributed by atoms with Gasteiger partial charge in [0.25, 0.3) is 0 Å². The molecule has 0 atom stereocenters. The summed E-state index contributed by atoms with van der Waals surface area (Å²) >= 11 is 6.00. The Hall–Kier alpha value is -1.61. The molecule has 0 aliphatic heterocycles. The van der Waals surface area contributed by atoms with Gasteiger partial charge in [-0.15, -0.1) is 0 Å². The van der Waals surface area contributed by atoms with Gasteiger partial charge in [-0.2, -0.15) is 5.10 Å². The van der Waals surface area contributed by atoms with E-state index in [0.29, 0.717) is 10.6 Å². The molecule has 1 heterocycles. The van der Waals surface area contributed by atoms with Crippen molar-refractivity contribution >= 4 is 17.4 Å². The molecule has 3 nitrogen and oxygen atoms in total. The summed E-state index contributed by atoms with van der Waals surface area (Å²) in [6.07, 6.45) is 3.20. The van der Waals surface area contributed by atoms with Crippen molar-refractivity contribution in [3.05, 3.63) is 47.2 Å². The SMILES string of the molecule is CC(=O)c1cnn(-c2ccccc2Cl)c1. The molecule has 0 bridgehead atoms. The van der Waals surface area contributed by atoms with Gasteiger partial charge in [0.2, 0.25) is 0 Å². The van der Waals surface area contributed by atoms with E-state index in [-0.39, 0.29) is 5.78 Å². The fourth-order valence-electron chi connectivity index (χ4n) is 1.27. The Morgan fingerprint density at radius 2 is 2.13 bits per heavy atom. The highest BCUT2D eigenvalue weighted by molar-refractivity contribution is 6.32. The number of carbonyl (C=O) groups excluding carboxylic acids is 1. The van der Waals surface area contributed by atoms with Crippen LogP contribution >= 0.6 is 11.6 Å². The maximum atomic E-state index is 11.1. The number of halogens is 1. The number of nitrogens with zero attached hydrogens (tertiary/aromatic N) is 2. The van der Waals surface area contributed by atoms with Gasteiger partial charge in [-0.3, -0.25) is 4.79 Å². The Morgan fingerprint density at radius 1 is 1.40 bits per heavy atom. The zero-order valence-electron chi connectivity index (χ0n) is 8.14. The van der Waals surface area contributed by atoms with Gasteiger partial charge in [-0.1, -0.05) is 23.7 Å². The Balaban J connectivity index is 2.46. The third-order valence-corrected chi connectivity index (χ3v) is 2.41. The second-order valence-corrected chi connectivity index (χ2v) is 3.59. The van der Waals surface area contributed by atoms with Gasteiger partial charge in [-0.05, 0) is 19.1 Å². The maximum absolute atomic E-state index is 11.1. The zero-order chi connectivity index (χ0) is 10.8. The molecule has 0 aliphatic carbocycles. The van der Waals surface area contributed by atoms with Gasteiger partial charge in [0.05, 0.1) is 22.5 Å². The standard InChI is InChI=1S/C11H9ClN2O/c1-8(15)9-6-13-14(7-9)11-5-3-2-4-10(11)12/h2-7H,1H3. The van der Waals surface area contributed by atoms with Crippen LogP contribution in [0.25, 0.3) is 5.69 Å². The van der Waals surface area contributed by atoms with Gasteiger partial charge in [0.15, 0.2) is 5.78 Å². The van der Waals surface area contributed by atoms with Crippen LogP contribution in [-0.2, 0) is 0 Å². The largest absolute Gasteiger partial charge is 0.294 e. The molecule has 0 radical (unpaired) electrons. The number of Topliss-reactive ketones (excluding diaryl/α,β-unsaturated/α-hetero) is 1. The smallest absolute Gasteiger partial charge is 0.162 e. The Labute approximate surface area is 92.3 Å². The van der Waals surface area contributed by atoms with E-state index in [9.17, 15) is 4.79 Å². The van der Waals surface area contributed by atoms with Crippen LogP contribution in [0.1, 0.15) is 17.3 Å².